The van der Waals surface area contributed by atoms with Crippen LogP contribution in [0.5, 0.6) is 11.5 Å². The fraction of sp³-hybridized carbons (Fsp3) is 0.462. The highest BCUT2D eigenvalue weighted by Crippen LogP contribution is 2.36. The molecule has 1 heterocycles. The summed E-state index contributed by atoms with van der Waals surface area (Å²) in [5, 5.41) is 9.49. The average Bonchev–Trinajstić information content (AvgIpc) is 2.85. The molecule has 1 atom stereocenters. The maximum atomic E-state index is 12.3. The van der Waals surface area contributed by atoms with E-state index in [1.807, 2.05) is 0 Å². The van der Waals surface area contributed by atoms with Crippen molar-refractivity contribution >= 4 is 21.8 Å². The number of benzene rings is 1. The third-order valence-corrected chi connectivity index (χ3v) is 3.92. The first-order valence-electron chi connectivity index (χ1n) is 5.95. The topological polar surface area (TPSA) is 59.0 Å². The summed E-state index contributed by atoms with van der Waals surface area (Å²) < 4.78 is 11.1. The molecule has 0 saturated carbocycles. The molecule has 2 rings (SSSR count). The monoisotopic (exact) mass is 329 g/mol. The van der Waals surface area contributed by atoms with Crippen LogP contribution in [0.15, 0.2) is 16.6 Å². The Labute approximate surface area is 120 Å². The van der Waals surface area contributed by atoms with E-state index in [1.165, 1.54) is 14.2 Å². The van der Waals surface area contributed by atoms with Crippen molar-refractivity contribution in [3.8, 4) is 11.5 Å². The van der Waals surface area contributed by atoms with Crippen molar-refractivity contribution in [3.63, 3.8) is 0 Å². The largest absolute Gasteiger partial charge is 0.495 e. The number of rotatable bonds is 3. The second-order valence-electron chi connectivity index (χ2n) is 4.39. The van der Waals surface area contributed by atoms with Crippen molar-refractivity contribution in [1.82, 2.24) is 4.90 Å². The Morgan fingerprint density at radius 1 is 1.37 bits per heavy atom. The third-order valence-electron chi connectivity index (χ3n) is 3.14. The van der Waals surface area contributed by atoms with Crippen LogP contribution in [0.1, 0.15) is 16.8 Å². The number of halogens is 1. The van der Waals surface area contributed by atoms with E-state index < -0.39 is 6.10 Å². The lowest BCUT2D eigenvalue weighted by Crippen LogP contribution is -2.29. The van der Waals surface area contributed by atoms with Gasteiger partial charge in [-0.25, -0.2) is 0 Å². The number of carbonyl (C=O) groups is 1. The van der Waals surface area contributed by atoms with Crippen LogP contribution in [0, 0.1) is 0 Å². The van der Waals surface area contributed by atoms with E-state index in [4.69, 9.17) is 9.47 Å². The van der Waals surface area contributed by atoms with Crippen LogP contribution in [-0.2, 0) is 0 Å². The molecule has 19 heavy (non-hydrogen) atoms. The molecule has 0 aliphatic carbocycles. The zero-order valence-corrected chi connectivity index (χ0v) is 12.4. The van der Waals surface area contributed by atoms with Crippen molar-refractivity contribution in [1.29, 1.82) is 0 Å². The molecular formula is C13H16BrNO4. The van der Waals surface area contributed by atoms with Crippen LogP contribution in [0.3, 0.4) is 0 Å². The summed E-state index contributed by atoms with van der Waals surface area (Å²) in [7, 11) is 3.07. The molecule has 1 N–H and O–H groups in total. The average molecular weight is 330 g/mol. The summed E-state index contributed by atoms with van der Waals surface area (Å²) in [5.41, 5.74) is 0.492. The van der Waals surface area contributed by atoms with Gasteiger partial charge in [-0.15, -0.1) is 0 Å². The lowest BCUT2D eigenvalue weighted by atomic mass is 10.1. The first-order valence-corrected chi connectivity index (χ1v) is 6.75. The Balaban J connectivity index is 2.31. The number of hydrogen-bond donors (Lipinski definition) is 1. The van der Waals surface area contributed by atoms with Gasteiger partial charge in [0.05, 0.1) is 20.3 Å². The Kier molecular flexibility index (Phi) is 4.31. The van der Waals surface area contributed by atoms with Crippen LogP contribution < -0.4 is 9.47 Å². The second kappa shape index (κ2) is 5.79. The van der Waals surface area contributed by atoms with Gasteiger partial charge in [0.15, 0.2) is 0 Å². The summed E-state index contributed by atoms with van der Waals surface area (Å²) >= 11 is 3.36. The molecule has 1 unspecified atom stereocenters. The summed E-state index contributed by atoms with van der Waals surface area (Å²) in [6, 6.07) is 3.33. The van der Waals surface area contributed by atoms with Gasteiger partial charge in [0.1, 0.15) is 16.0 Å². The smallest absolute Gasteiger partial charge is 0.254 e. The van der Waals surface area contributed by atoms with E-state index in [0.717, 1.165) is 0 Å². The zero-order chi connectivity index (χ0) is 14.0. The van der Waals surface area contributed by atoms with Crippen molar-refractivity contribution < 1.29 is 19.4 Å². The van der Waals surface area contributed by atoms with E-state index in [9.17, 15) is 9.90 Å². The van der Waals surface area contributed by atoms with Crippen LogP contribution in [-0.4, -0.2) is 49.3 Å². The molecule has 104 valence electrons. The molecule has 1 aromatic rings. The minimum Gasteiger partial charge on any atom is -0.495 e. The number of aliphatic hydroxyl groups is 1. The highest BCUT2D eigenvalue weighted by molar-refractivity contribution is 9.10. The normalized spacial score (nSPS) is 18.5. The first kappa shape index (κ1) is 14.1. The van der Waals surface area contributed by atoms with E-state index in [2.05, 4.69) is 15.9 Å². The number of aliphatic hydroxyl groups excluding tert-OH is 1. The van der Waals surface area contributed by atoms with Crippen LogP contribution in [0.4, 0.5) is 0 Å². The number of β-amino-alcohol motifs (C(OH)–C–C–N with tert-alkyl or cyclic N) is 1. The van der Waals surface area contributed by atoms with Gasteiger partial charge >= 0.3 is 0 Å². The van der Waals surface area contributed by atoms with Crippen LogP contribution in [0.25, 0.3) is 0 Å². The van der Waals surface area contributed by atoms with Gasteiger partial charge in [-0.2, -0.15) is 0 Å². The van der Waals surface area contributed by atoms with Gasteiger partial charge in [0.2, 0.25) is 0 Å². The number of amides is 1. The van der Waals surface area contributed by atoms with Crippen molar-refractivity contribution in [2.75, 3.05) is 27.3 Å². The van der Waals surface area contributed by atoms with E-state index in [1.54, 1.807) is 17.0 Å². The maximum Gasteiger partial charge on any atom is 0.254 e. The summed E-state index contributed by atoms with van der Waals surface area (Å²) in [4.78, 5) is 14.0. The van der Waals surface area contributed by atoms with Gasteiger partial charge in [-0.05, 0) is 34.5 Å². The highest BCUT2D eigenvalue weighted by Gasteiger charge is 2.26. The molecule has 1 aliphatic rings. The van der Waals surface area contributed by atoms with Gasteiger partial charge in [0.25, 0.3) is 5.91 Å². The molecule has 1 aromatic carbocycles. The predicted octanol–water partition coefficient (Wildman–Crippen LogP) is 1.67. The number of methoxy groups -OCH3 is 2. The molecule has 1 aliphatic heterocycles. The first-order chi connectivity index (χ1) is 9.06. The summed E-state index contributed by atoms with van der Waals surface area (Å²) in [5.74, 6) is 0.963. The molecule has 0 aromatic heterocycles. The highest BCUT2D eigenvalue weighted by atomic mass is 79.9. The van der Waals surface area contributed by atoms with Gasteiger partial charge in [0, 0.05) is 18.7 Å². The summed E-state index contributed by atoms with van der Waals surface area (Å²) in [6.07, 6.45) is 0.194. The lowest BCUT2D eigenvalue weighted by Gasteiger charge is -2.17. The molecule has 1 fully saturated rings. The quantitative estimate of drug-likeness (QED) is 0.916. The van der Waals surface area contributed by atoms with Crippen molar-refractivity contribution in [2.24, 2.45) is 0 Å². The standard InChI is InChI=1S/C13H16BrNO4/c1-18-10-5-8(6-11(19-2)12(10)14)13(17)15-4-3-9(16)7-15/h5-6,9,16H,3-4,7H2,1-2H3. The Bertz CT molecular complexity index is 467. The molecule has 6 heteroatoms. The zero-order valence-electron chi connectivity index (χ0n) is 10.9. The molecule has 5 nitrogen and oxygen atoms in total. The predicted molar refractivity (Wildman–Crippen MR) is 73.8 cm³/mol. The Morgan fingerprint density at radius 3 is 2.37 bits per heavy atom. The number of hydrogen-bond acceptors (Lipinski definition) is 4. The number of carbonyl (C=O) groups excluding carboxylic acids is 1. The molecule has 0 bridgehead atoms. The van der Waals surface area contributed by atoms with E-state index >= 15 is 0 Å². The minimum atomic E-state index is -0.428. The van der Waals surface area contributed by atoms with Crippen LogP contribution in [0.2, 0.25) is 0 Å². The fourth-order valence-corrected chi connectivity index (χ4v) is 2.65. The maximum absolute atomic E-state index is 12.3. The van der Waals surface area contributed by atoms with E-state index in [-0.39, 0.29) is 5.91 Å². The lowest BCUT2D eigenvalue weighted by molar-refractivity contribution is 0.0764. The minimum absolute atomic E-state index is 0.124. The van der Waals surface area contributed by atoms with Gasteiger partial charge < -0.3 is 19.5 Å². The summed E-state index contributed by atoms with van der Waals surface area (Å²) in [6.45, 7) is 0.945. The van der Waals surface area contributed by atoms with Crippen molar-refractivity contribution in [3.05, 3.63) is 22.2 Å². The fourth-order valence-electron chi connectivity index (χ4n) is 2.10. The third kappa shape index (κ3) is 2.84. The number of likely N-dealkylation sites (tertiary alicyclic amines) is 1. The second-order valence-corrected chi connectivity index (χ2v) is 5.18. The van der Waals surface area contributed by atoms with Crippen molar-refractivity contribution in [2.45, 2.75) is 12.5 Å². The molecule has 0 radical (unpaired) electrons. The molecular weight excluding hydrogens is 314 g/mol. The Hall–Kier alpha value is -1.27. The van der Waals surface area contributed by atoms with Crippen LogP contribution >= 0.6 is 15.9 Å². The number of ether oxygens (including phenoxy) is 2. The molecule has 0 spiro atoms. The van der Waals surface area contributed by atoms with E-state index in [0.29, 0.717) is 41.0 Å². The SMILES string of the molecule is COc1cc(C(=O)N2CCC(O)C2)cc(OC)c1Br. The molecule has 1 saturated heterocycles. The number of nitrogens with zero attached hydrogens (tertiary/aromatic N) is 1. The van der Waals surface area contributed by atoms with Gasteiger partial charge in [-0.1, -0.05) is 0 Å². The Morgan fingerprint density at radius 2 is 1.95 bits per heavy atom. The molecule has 1 amide bonds. The van der Waals surface area contributed by atoms with Gasteiger partial charge in [-0.3, -0.25) is 4.79 Å².